The van der Waals surface area contributed by atoms with E-state index < -0.39 is 17.9 Å². The minimum atomic E-state index is -0.942. The second-order valence-electron chi connectivity index (χ2n) is 6.42. The van der Waals surface area contributed by atoms with Crippen LogP contribution in [0, 0.1) is 0 Å². The molecule has 0 bridgehead atoms. The Bertz CT molecular complexity index is 444. The third kappa shape index (κ3) is 16.8. The van der Waals surface area contributed by atoms with Crippen LogP contribution in [0.4, 0.5) is 0 Å². The fraction of sp³-hybridized carbons (Fsp3) is 0.833. The molecule has 0 aliphatic rings. The first-order valence-corrected chi connectivity index (χ1v) is 9.76. The lowest BCUT2D eigenvalue weighted by Gasteiger charge is -2.22. The Labute approximate surface area is 171 Å². The summed E-state index contributed by atoms with van der Waals surface area (Å²) in [6.45, 7) is 8.00. The van der Waals surface area contributed by atoms with Gasteiger partial charge in [0.15, 0.2) is 0 Å². The van der Waals surface area contributed by atoms with Crippen LogP contribution >= 0.6 is 0 Å². The molecule has 0 aromatic rings. The molecule has 0 atom stereocenters. The predicted molar refractivity (Wildman–Crippen MR) is 105 cm³/mol. The van der Waals surface area contributed by atoms with Gasteiger partial charge in [0.1, 0.15) is 0 Å². The van der Waals surface area contributed by atoms with Crippen molar-refractivity contribution in [2.45, 2.75) is 13.8 Å². The molecular formula is C18H35N3O8. The van der Waals surface area contributed by atoms with Crippen LogP contribution < -0.4 is 0 Å². The molecule has 0 aliphatic heterocycles. The van der Waals surface area contributed by atoms with Crippen LogP contribution in [0.25, 0.3) is 0 Å². The van der Waals surface area contributed by atoms with E-state index in [4.69, 9.17) is 24.8 Å². The summed E-state index contributed by atoms with van der Waals surface area (Å²) in [5.41, 5.74) is 0. The quantitative estimate of drug-likeness (QED) is 0.213. The normalized spacial score (nSPS) is 11.5. The van der Waals surface area contributed by atoms with Crippen molar-refractivity contribution in [3.63, 3.8) is 0 Å². The molecule has 170 valence electrons. The number of carboxylic acids is 3. The van der Waals surface area contributed by atoms with E-state index in [-0.39, 0.29) is 19.6 Å². The monoisotopic (exact) mass is 421 g/mol. The fourth-order valence-electron chi connectivity index (χ4n) is 2.52. The predicted octanol–water partition coefficient (Wildman–Crippen LogP) is -0.781. The van der Waals surface area contributed by atoms with Crippen molar-refractivity contribution in [2.75, 3.05) is 85.3 Å². The van der Waals surface area contributed by atoms with Crippen LogP contribution in [0.15, 0.2) is 0 Å². The van der Waals surface area contributed by atoms with Crippen LogP contribution in [-0.4, -0.2) is 133 Å². The number of hydrogen-bond donors (Lipinski definition) is 3. The van der Waals surface area contributed by atoms with Gasteiger partial charge in [0, 0.05) is 26.2 Å². The average Bonchev–Trinajstić information content (AvgIpc) is 2.64. The van der Waals surface area contributed by atoms with Crippen LogP contribution in [0.1, 0.15) is 13.8 Å². The zero-order valence-corrected chi connectivity index (χ0v) is 17.4. The highest BCUT2D eigenvalue weighted by molar-refractivity contribution is 5.69. The second-order valence-corrected chi connectivity index (χ2v) is 6.42. The Kier molecular flexibility index (Phi) is 16.0. The molecule has 0 fully saturated rings. The Morgan fingerprint density at radius 1 is 0.586 bits per heavy atom. The molecule has 0 unspecified atom stereocenters. The van der Waals surface area contributed by atoms with E-state index in [2.05, 4.69) is 0 Å². The van der Waals surface area contributed by atoms with Crippen LogP contribution in [0.3, 0.4) is 0 Å². The van der Waals surface area contributed by atoms with Crippen molar-refractivity contribution in [3.05, 3.63) is 0 Å². The summed E-state index contributed by atoms with van der Waals surface area (Å²) in [4.78, 5) is 37.6. The summed E-state index contributed by atoms with van der Waals surface area (Å²) in [5, 5.41) is 26.6. The Morgan fingerprint density at radius 3 is 1.14 bits per heavy atom. The first-order valence-electron chi connectivity index (χ1n) is 9.76. The van der Waals surface area contributed by atoms with E-state index in [0.29, 0.717) is 65.7 Å². The number of nitrogens with zero attached hydrogens (tertiary/aromatic N) is 3. The van der Waals surface area contributed by atoms with Gasteiger partial charge in [-0.05, 0) is 13.1 Å². The van der Waals surface area contributed by atoms with Crippen molar-refractivity contribution in [2.24, 2.45) is 0 Å². The molecule has 0 aromatic carbocycles. The van der Waals surface area contributed by atoms with Crippen molar-refractivity contribution in [1.29, 1.82) is 0 Å². The largest absolute Gasteiger partial charge is 0.480 e. The maximum atomic E-state index is 11.0. The third-order valence-corrected chi connectivity index (χ3v) is 4.18. The van der Waals surface area contributed by atoms with E-state index in [1.807, 2.05) is 13.8 Å². The zero-order valence-electron chi connectivity index (χ0n) is 17.4. The van der Waals surface area contributed by atoms with E-state index in [1.54, 1.807) is 14.7 Å². The molecule has 11 heteroatoms. The molecule has 11 nitrogen and oxygen atoms in total. The summed E-state index contributed by atoms with van der Waals surface area (Å²) in [6.07, 6.45) is 0. The Balaban J connectivity index is 4.03. The minimum Gasteiger partial charge on any atom is -0.480 e. The van der Waals surface area contributed by atoms with Crippen molar-refractivity contribution in [1.82, 2.24) is 14.7 Å². The van der Waals surface area contributed by atoms with E-state index in [0.717, 1.165) is 0 Å². The van der Waals surface area contributed by atoms with Gasteiger partial charge in [-0.3, -0.25) is 29.1 Å². The molecule has 0 amide bonds. The van der Waals surface area contributed by atoms with Crippen LogP contribution in [-0.2, 0) is 23.9 Å². The van der Waals surface area contributed by atoms with Gasteiger partial charge in [-0.25, -0.2) is 0 Å². The van der Waals surface area contributed by atoms with E-state index >= 15 is 0 Å². The molecule has 29 heavy (non-hydrogen) atoms. The summed E-state index contributed by atoms with van der Waals surface area (Å²) >= 11 is 0. The number of rotatable bonds is 20. The molecule has 0 saturated heterocycles. The Hall–Kier alpha value is -1.79. The maximum Gasteiger partial charge on any atom is 0.317 e. The standard InChI is InChI=1S/C18H35N3O8/c1-3-19(13-16(22)23)5-9-28-11-7-21(15-18(26)27)8-12-29-10-6-20(4-2)14-17(24)25/h3-15H2,1-2H3,(H,22,23)(H,24,25)(H,26,27). The van der Waals surface area contributed by atoms with E-state index in [9.17, 15) is 14.4 Å². The van der Waals surface area contributed by atoms with Gasteiger partial charge in [0.05, 0.1) is 46.1 Å². The number of hydrogen-bond acceptors (Lipinski definition) is 8. The van der Waals surface area contributed by atoms with Crippen LogP contribution in [0.2, 0.25) is 0 Å². The van der Waals surface area contributed by atoms with Gasteiger partial charge >= 0.3 is 17.9 Å². The highest BCUT2D eigenvalue weighted by atomic mass is 16.5. The lowest BCUT2D eigenvalue weighted by molar-refractivity contribution is -0.139. The van der Waals surface area contributed by atoms with Gasteiger partial charge in [-0.1, -0.05) is 13.8 Å². The third-order valence-electron chi connectivity index (χ3n) is 4.18. The lowest BCUT2D eigenvalue weighted by atomic mass is 10.4. The molecule has 0 aliphatic carbocycles. The number of likely N-dealkylation sites (N-methyl/N-ethyl adjacent to an activating group) is 2. The lowest BCUT2D eigenvalue weighted by Crippen LogP contribution is -2.37. The molecule has 0 heterocycles. The second kappa shape index (κ2) is 17.1. The highest BCUT2D eigenvalue weighted by Crippen LogP contribution is 1.94. The van der Waals surface area contributed by atoms with Crippen molar-refractivity contribution >= 4 is 17.9 Å². The molecule has 0 rings (SSSR count). The molecule has 0 aromatic heterocycles. The van der Waals surface area contributed by atoms with Gasteiger partial charge in [0.2, 0.25) is 0 Å². The van der Waals surface area contributed by atoms with Crippen molar-refractivity contribution in [3.8, 4) is 0 Å². The fourth-order valence-corrected chi connectivity index (χ4v) is 2.52. The SMILES string of the molecule is CCN(CCOCCN(CCOCCN(CC)CC(=O)O)CC(=O)O)CC(=O)O. The minimum absolute atomic E-state index is 0.0374. The summed E-state index contributed by atoms with van der Waals surface area (Å²) < 4.78 is 11.0. The number of aliphatic carboxylic acids is 3. The number of ether oxygens (including phenoxy) is 2. The average molecular weight is 421 g/mol. The zero-order chi connectivity index (χ0) is 22.1. The molecule has 0 saturated carbocycles. The summed E-state index contributed by atoms with van der Waals surface area (Å²) in [7, 11) is 0. The summed E-state index contributed by atoms with van der Waals surface area (Å²) in [6, 6.07) is 0. The van der Waals surface area contributed by atoms with Gasteiger partial charge in [-0.2, -0.15) is 0 Å². The van der Waals surface area contributed by atoms with Crippen LogP contribution in [0.5, 0.6) is 0 Å². The topological polar surface area (TPSA) is 140 Å². The highest BCUT2D eigenvalue weighted by Gasteiger charge is 2.11. The van der Waals surface area contributed by atoms with Crippen molar-refractivity contribution < 1.29 is 39.2 Å². The molecule has 0 spiro atoms. The number of carbonyl (C=O) groups is 3. The number of carboxylic acid groups (broad SMARTS) is 3. The molecule has 3 N–H and O–H groups in total. The van der Waals surface area contributed by atoms with E-state index in [1.165, 1.54) is 0 Å². The van der Waals surface area contributed by atoms with Gasteiger partial charge < -0.3 is 24.8 Å². The summed E-state index contributed by atoms with van der Waals surface area (Å²) in [5.74, 6) is -2.71. The smallest absolute Gasteiger partial charge is 0.317 e. The Morgan fingerprint density at radius 2 is 0.862 bits per heavy atom. The first kappa shape index (κ1) is 27.2. The maximum absolute atomic E-state index is 11.0. The first-order chi connectivity index (χ1) is 13.8. The molecular weight excluding hydrogens is 386 g/mol. The van der Waals surface area contributed by atoms with Gasteiger partial charge in [-0.15, -0.1) is 0 Å². The molecule has 0 radical (unpaired) electrons. The van der Waals surface area contributed by atoms with Gasteiger partial charge in [0.25, 0.3) is 0 Å².